The second kappa shape index (κ2) is 7.22. The zero-order chi connectivity index (χ0) is 9.45. The van der Waals surface area contributed by atoms with Crippen LogP contribution in [0.3, 0.4) is 0 Å². The molecule has 0 aromatic carbocycles. The van der Waals surface area contributed by atoms with Gasteiger partial charge in [0.15, 0.2) is 0 Å². The Morgan fingerprint density at radius 3 is 1.92 bits per heavy atom. The van der Waals surface area contributed by atoms with E-state index >= 15 is 0 Å². The van der Waals surface area contributed by atoms with E-state index in [1.54, 1.807) is 0 Å². The third kappa shape index (κ3) is 4.15. The van der Waals surface area contributed by atoms with Gasteiger partial charge in [-0.25, -0.2) is 0 Å². The Morgan fingerprint density at radius 1 is 1.08 bits per heavy atom. The predicted octanol–water partition coefficient (Wildman–Crippen LogP) is 1.70. The minimum absolute atomic E-state index is 0.00291. The highest BCUT2D eigenvalue weighted by Crippen LogP contribution is 2.23. The third-order valence-electron chi connectivity index (χ3n) is 1.49. The number of ether oxygens (including phenoxy) is 1. The van der Waals surface area contributed by atoms with Gasteiger partial charge in [0.25, 0.3) is 0 Å². The van der Waals surface area contributed by atoms with E-state index in [0.29, 0.717) is 30.9 Å². The number of hydrogen-bond donors (Lipinski definition) is 1. The molecule has 0 saturated carbocycles. The molecule has 12 heavy (non-hydrogen) atoms. The molecule has 0 aliphatic heterocycles. The summed E-state index contributed by atoms with van der Waals surface area (Å²) in [7, 11) is 0. The lowest BCUT2D eigenvalue weighted by Gasteiger charge is -2.26. The number of alkyl halides is 3. The van der Waals surface area contributed by atoms with E-state index in [0.717, 1.165) is 0 Å². The highest BCUT2D eigenvalue weighted by atomic mass is 35.5. The summed E-state index contributed by atoms with van der Waals surface area (Å²) in [6, 6.07) is 0. The van der Waals surface area contributed by atoms with Crippen LogP contribution in [0.15, 0.2) is 0 Å². The van der Waals surface area contributed by atoms with Crippen LogP contribution in [0.5, 0.6) is 0 Å². The van der Waals surface area contributed by atoms with Gasteiger partial charge < -0.3 is 9.84 Å². The van der Waals surface area contributed by atoms with Gasteiger partial charge in [-0.1, -0.05) is 0 Å². The van der Waals surface area contributed by atoms with E-state index in [1.165, 1.54) is 0 Å². The Labute approximate surface area is 87.7 Å². The van der Waals surface area contributed by atoms with Gasteiger partial charge >= 0.3 is 0 Å². The Kier molecular flexibility index (Phi) is 7.69. The third-order valence-corrected chi connectivity index (χ3v) is 3.20. The molecular formula is C7H13Cl3O2. The molecule has 0 aliphatic rings. The molecule has 0 fully saturated rings. The maximum absolute atomic E-state index is 8.46. The molecule has 0 unspecified atom stereocenters. The second-order valence-electron chi connectivity index (χ2n) is 2.68. The van der Waals surface area contributed by atoms with Crippen LogP contribution in [0.2, 0.25) is 0 Å². The average molecular weight is 236 g/mol. The van der Waals surface area contributed by atoms with Crippen LogP contribution in [-0.2, 0) is 4.74 Å². The van der Waals surface area contributed by atoms with Gasteiger partial charge in [-0.2, -0.15) is 0 Å². The van der Waals surface area contributed by atoms with E-state index in [-0.39, 0.29) is 12.0 Å². The summed E-state index contributed by atoms with van der Waals surface area (Å²) in [5.41, 5.74) is -0.361. The van der Waals surface area contributed by atoms with Crippen molar-refractivity contribution >= 4 is 34.8 Å². The lowest BCUT2D eigenvalue weighted by atomic mass is 9.97. The van der Waals surface area contributed by atoms with Crippen molar-refractivity contribution in [3.8, 4) is 0 Å². The summed E-state index contributed by atoms with van der Waals surface area (Å²) in [6.07, 6.45) is 0. The summed E-state index contributed by atoms with van der Waals surface area (Å²) in [6.45, 7) is 0.694. The van der Waals surface area contributed by atoms with Crippen LogP contribution < -0.4 is 0 Å². The van der Waals surface area contributed by atoms with Gasteiger partial charge in [0.2, 0.25) is 0 Å². The van der Waals surface area contributed by atoms with Gasteiger partial charge in [-0.3, -0.25) is 0 Å². The zero-order valence-corrected chi connectivity index (χ0v) is 9.00. The first kappa shape index (κ1) is 12.8. The maximum atomic E-state index is 8.46. The standard InChI is InChI=1S/C7H13Cl3O2/c8-3-7(4-9,5-10)6-12-2-1-11/h11H,1-6H2. The molecule has 0 rings (SSSR count). The summed E-state index contributed by atoms with van der Waals surface area (Å²) < 4.78 is 5.12. The minimum Gasteiger partial charge on any atom is -0.394 e. The fourth-order valence-corrected chi connectivity index (χ4v) is 1.66. The molecule has 74 valence electrons. The molecule has 0 aromatic rings. The van der Waals surface area contributed by atoms with Crippen molar-refractivity contribution in [3.63, 3.8) is 0 Å². The fraction of sp³-hybridized carbons (Fsp3) is 1.00. The first-order valence-corrected chi connectivity index (χ1v) is 5.21. The topological polar surface area (TPSA) is 29.5 Å². The number of hydrogen-bond acceptors (Lipinski definition) is 2. The Hall–Kier alpha value is 0.790. The van der Waals surface area contributed by atoms with Crippen LogP contribution in [0.25, 0.3) is 0 Å². The second-order valence-corrected chi connectivity index (χ2v) is 3.48. The van der Waals surface area contributed by atoms with E-state index in [9.17, 15) is 0 Å². The van der Waals surface area contributed by atoms with Crippen molar-refractivity contribution in [2.45, 2.75) is 0 Å². The van der Waals surface area contributed by atoms with E-state index in [4.69, 9.17) is 44.6 Å². The first-order valence-electron chi connectivity index (χ1n) is 3.61. The SMILES string of the molecule is OCCOCC(CCl)(CCl)CCl. The number of aliphatic hydroxyl groups is 1. The van der Waals surface area contributed by atoms with Crippen LogP contribution in [-0.4, -0.2) is 42.6 Å². The molecule has 5 heteroatoms. The van der Waals surface area contributed by atoms with Crippen molar-refractivity contribution < 1.29 is 9.84 Å². The Balaban J connectivity index is 3.76. The summed E-state index contributed by atoms with van der Waals surface area (Å²) in [5, 5.41) is 8.46. The molecule has 0 aliphatic carbocycles. The molecule has 0 saturated heterocycles. The molecule has 1 N–H and O–H groups in total. The predicted molar refractivity (Wildman–Crippen MR) is 52.5 cm³/mol. The highest BCUT2D eigenvalue weighted by Gasteiger charge is 2.27. The summed E-state index contributed by atoms with van der Waals surface area (Å²) in [4.78, 5) is 0. The molecule has 0 heterocycles. The maximum Gasteiger partial charge on any atom is 0.0698 e. The fourth-order valence-electron chi connectivity index (χ4n) is 0.576. The lowest BCUT2D eigenvalue weighted by Crippen LogP contribution is -2.33. The van der Waals surface area contributed by atoms with E-state index < -0.39 is 0 Å². The molecule has 2 nitrogen and oxygen atoms in total. The van der Waals surface area contributed by atoms with Gasteiger partial charge in [0.05, 0.1) is 19.8 Å². The number of halogens is 3. The zero-order valence-electron chi connectivity index (χ0n) is 6.73. The first-order chi connectivity index (χ1) is 5.74. The molecule has 0 atom stereocenters. The van der Waals surface area contributed by atoms with Crippen molar-refractivity contribution in [2.75, 3.05) is 37.5 Å². The highest BCUT2D eigenvalue weighted by molar-refractivity contribution is 6.24. The van der Waals surface area contributed by atoms with Crippen molar-refractivity contribution in [3.05, 3.63) is 0 Å². The molecule has 0 radical (unpaired) electrons. The van der Waals surface area contributed by atoms with Gasteiger partial charge in [0, 0.05) is 23.1 Å². The van der Waals surface area contributed by atoms with Crippen LogP contribution in [0.4, 0.5) is 0 Å². The van der Waals surface area contributed by atoms with Crippen molar-refractivity contribution in [1.29, 1.82) is 0 Å². The van der Waals surface area contributed by atoms with Gasteiger partial charge in [0.1, 0.15) is 0 Å². The van der Waals surface area contributed by atoms with Crippen LogP contribution in [0, 0.1) is 5.41 Å². The normalized spacial score (nSPS) is 12.0. The molecule has 0 aromatic heterocycles. The lowest BCUT2D eigenvalue weighted by molar-refractivity contribution is 0.0499. The summed E-state index contributed by atoms with van der Waals surface area (Å²) in [5.74, 6) is 1.10. The van der Waals surface area contributed by atoms with Crippen molar-refractivity contribution in [1.82, 2.24) is 0 Å². The smallest absolute Gasteiger partial charge is 0.0698 e. The quantitative estimate of drug-likeness (QED) is 0.538. The van der Waals surface area contributed by atoms with Crippen LogP contribution in [0.1, 0.15) is 0 Å². The average Bonchev–Trinajstić information content (AvgIpc) is 2.14. The number of aliphatic hydroxyl groups excluding tert-OH is 1. The van der Waals surface area contributed by atoms with E-state index in [2.05, 4.69) is 0 Å². The minimum atomic E-state index is -0.361. The molecule has 0 amide bonds. The Bertz CT molecular complexity index is 98.6. The van der Waals surface area contributed by atoms with Crippen molar-refractivity contribution in [2.24, 2.45) is 5.41 Å². The summed E-state index contributed by atoms with van der Waals surface area (Å²) >= 11 is 17.1. The van der Waals surface area contributed by atoms with Gasteiger partial charge in [-0.05, 0) is 0 Å². The molecular weight excluding hydrogens is 222 g/mol. The van der Waals surface area contributed by atoms with Gasteiger partial charge in [-0.15, -0.1) is 34.8 Å². The molecule has 0 spiro atoms. The number of rotatable bonds is 7. The van der Waals surface area contributed by atoms with Crippen LogP contribution >= 0.6 is 34.8 Å². The van der Waals surface area contributed by atoms with E-state index in [1.807, 2.05) is 0 Å². The monoisotopic (exact) mass is 234 g/mol. The Morgan fingerprint density at radius 2 is 1.58 bits per heavy atom. The molecule has 0 bridgehead atoms. The largest absolute Gasteiger partial charge is 0.394 e.